The lowest BCUT2D eigenvalue weighted by Gasteiger charge is -2.00. The molecule has 0 aliphatic heterocycles. The van der Waals surface area contributed by atoms with Crippen molar-refractivity contribution in [1.82, 2.24) is 4.98 Å². The van der Waals surface area contributed by atoms with Crippen LogP contribution in [-0.2, 0) is 0 Å². The Bertz CT molecular complexity index is 862. The lowest BCUT2D eigenvalue weighted by molar-refractivity contribution is 0.670. The van der Waals surface area contributed by atoms with Crippen molar-refractivity contribution in [3.05, 3.63) is 66.9 Å². The zero-order chi connectivity index (χ0) is 12.7. The molecule has 2 heteroatoms. The van der Waals surface area contributed by atoms with Crippen LogP contribution in [0, 0.1) is 6.07 Å². The summed E-state index contributed by atoms with van der Waals surface area (Å²) in [5.41, 5.74) is 3.72. The summed E-state index contributed by atoms with van der Waals surface area (Å²) in [5, 5.41) is 2.20. The molecule has 0 aliphatic carbocycles. The molecule has 2 nitrogen and oxygen atoms in total. The fraction of sp³-hybridized carbons (Fsp3) is 0. The number of para-hydroxylation sites is 1. The zero-order valence-corrected chi connectivity index (χ0v) is 10.1. The molecule has 2 heterocycles. The monoisotopic (exact) mass is 244 g/mol. The molecule has 0 saturated carbocycles. The molecule has 2 aromatic heterocycles. The largest absolute Gasteiger partial charge is 0.455 e. The Morgan fingerprint density at radius 2 is 1.95 bits per heavy atom. The van der Waals surface area contributed by atoms with Crippen LogP contribution >= 0.6 is 0 Å². The molecule has 0 fully saturated rings. The highest BCUT2D eigenvalue weighted by atomic mass is 16.3. The third-order valence-corrected chi connectivity index (χ3v) is 3.28. The maximum Gasteiger partial charge on any atom is 0.144 e. The van der Waals surface area contributed by atoms with Gasteiger partial charge in [-0.2, -0.15) is 0 Å². The topological polar surface area (TPSA) is 26.0 Å². The maximum absolute atomic E-state index is 5.98. The maximum atomic E-state index is 5.98. The van der Waals surface area contributed by atoms with Crippen molar-refractivity contribution in [2.45, 2.75) is 0 Å². The minimum absolute atomic E-state index is 0.885. The van der Waals surface area contributed by atoms with Crippen molar-refractivity contribution in [3.63, 3.8) is 0 Å². The first-order valence-electron chi connectivity index (χ1n) is 6.16. The van der Waals surface area contributed by atoms with Gasteiger partial charge in [-0.25, -0.2) is 0 Å². The number of hydrogen-bond donors (Lipinski definition) is 0. The highest BCUT2D eigenvalue weighted by Crippen LogP contribution is 2.34. The van der Waals surface area contributed by atoms with Gasteiger partial charge in [0.25, 0.3) is 0 Å². The summed E-state index contributed by atoms with van der Waals surface area (Å²) in [6.45, 7) is 0. The second-order valence-corrected chi connectivity index (χ2v) is 4.42. The molecule has 89 valence electrons. The van der Waals surface area contributed by atoms with Gasteiger partial charge < -0.3 is 4.42 Å². The molecular weight excluding hydrogens is 234 g/mol. The molecule has 2 aromatic carbocycles. The van der Waals surface area contributed by atoms with E-state index in [9.17, 15) is 0 Å². The molecule has 0 amide bonds. The van der Waals surface area contributed by atoms with Gasteiger partial charge in [0.1, 0.15) is 11.2 Å². The standard InChI is InChI=1S/C17H10NO/c1-2-10-16-12(6-1)13-7-5-8-14(17(13)19-16)15-9-3-4-11-18-15/h2-11H. The van der Waals surface area contributed by atoms with E-state index in [4.69, 9.17) is 4.42 Å². The smallest absolute Gasteiger partial charge is 0.144 e. The Balaban J connectivity index is 2.13. The Morgan fingerprint density at radius 1 is 0.947 bits per heavy atom. The molecule has 0 aliphatic rings. The lowest BCUT2D eigenvalue weighted by Crippen LogP contribution is -1.81. The van der Waals surface area contributed by atoms with Crippen LogP contribution in [0.5, 0.6) is 0 Å². The number of pyridine rings is 1. The average molecular weight is 244 g/mol. The third-order valence-electron chi connectivity index (χ3n) is 3.28. The van der Waals surface area contributed by atoms with E-state index in [2.05, 4.69) is 17.1 Å². The van der Waals surface area contributed by atoms with Crippen molar-refractivity contribution in [2.24, 2.45) is 0 Å². The van der Waals surface area contributed by atoms with Gasteiger partial charge in [0, 0.05) is 22.5 Å². The summed E-state index contributed by atoms with van der Waals surface area (Å²) in [7, 11) is 0. The number of fused-ring (bicyclic) bond motifs is 3. The van der Waals surface area contributed by atoms with Gasteiger partial charge in [0.05, 0.1) is 5.69 Å². The summed E-state index contributed by atoms with van der Waals surface area (Å²) >= 11 is 0. The minimum atomic E-state index is 0.885. The first kappa shape index (κ1) is 10.3. The quantitative estimate of drug-likeness (QED) is 0.494. The van der Waals surface area contributed by atoms with Crippen molar-refractivity contribution >= 4 is 21.9 Å². The van der Waals surface area contributed by atoms with Gasteiger partial charge in [-0.15, -0.1) is 0 Å². The Hall–Kier alpha value is -2.61. The number of benzene rings is 2. The summed E-state index contributed by atoms with van der Waals surface area (Å²) < 4.78 is 5.98. The van der Waals surface area contributed by atoms with Crippen LogP contribution in [0.15, 0.2) is 65.2 Å². The van der Waals surface area contributed by atoms with Gasteiger partial charge in [-0.1, -0.05) is 24.3 Å². The minimum Gasteiger partial charge on any atom is -0.455 e. The molecule has 4 rings (SSSR count). The van der Waals surface area contributed by atoms with E-state index in [-0.39, 0.29) is 0 Å². The second-order valence-electron chi connectivity index (χ2n) is 4.42. The molecular formula is C17H10NO. The summed E-state index contributed by atoms with van der Waals surface area (Å²) in [5.74, 6) is 0. The van der Waals surface area contributed by atoms with E-state index in [1.807, 2.05) is 48.5 Å². The lowest BCUT2D eigenvalue weighted by atomic mass is 10.1. The van der Waals surface area contributed by atoms with Gasteiger partial charge in [0.15, 0.2) is 0 Å². The van der Waals surface area contributed by atoms with Gasteiger partial charge in [-0.05, 0) is 36.4 Å². The molecule has 0 atom stereocenters. The number of furan rings is 1. The molecule has 1 radical (unpaired) electrons. The predicted octanol–water partition coefficient (Wildman–Crippen LogP) is 4.45. The van der Waals surface area contributed by atoms with E-state index < -0.39 is 0 Å². The Labute approximate surface area is 110 Å². The van der Waals surface area contributed by atoms with Crippen molar-refractivity contribution < 1.29 is 4.42 Å². The summed E-state index contributed by atoms with van der Waals surface area (Å²) in [6.07, 6.45) is 1.80. The van der Waals surface area contributed by atoms with Crippen LogP contribution in [-0.4, -0.2) is 4.98 Å². The first-order valence-corrected chi connectivity index (χ1v) is 6.16. The number of nitrogens with zero attached hydrogens (tertiary/aromatic N) is 1. The summed E-state index contributed by atoms with van der Waals surface area (Å²) in [4.78, 5) is 4.40. The molecule has 0 saturated heterocycles. The predicted molar refractivity (Wildman–Crippen MR) is 75.8 cm³/mol. The van der Waals surface area contributed by atoms with Crippen LogP contribution in [0.3, 0.4) is 0 Å². The van der Waals surface area contributed by atoms with Crippen LogP contribution in [0.2, 0.25) is 0 Å². The van der Waals surface area contributed by atoms with Crippen LogP contribution in [0.25, 0.3) is 33.2 Å². The van der Waals surface area contributed by atoms with E-state index in [0.717, 1.165) is 33.2 Å². The molecule has 19 heavy (non-hydrogen) atoms. The van der Waals surface area contributed by atoms with E-state index in [1.54, 1.807) is 6.20 Å². The van der Waals surface area contributed by atoms with Crippen molar-refractivity contribution in [1.29, 1.82) is 0 Å². The van der Waals surface area contributed by atoms with Gasteiger partial charge >= 0.3 is 0 Å². The number of rotatable bonds is 1. The average Bonchev–Trinajstić information content (AvgIpc) is 2.87. The summed E-state index contributed by atoms with van der Waals surface area (Å²) in [6, 6.07) is 20.9. The second kappa shape index (κ2) is 3.95. The Morgan fingerprint density at radius 3 is 2.84 bits per heavy atom. The normalized spacial score (nSPS) is 11.2. The molecule has 0 spiro atoms. The van der Waals surface area contributed by atoms with Crippen molar-refractivity contribution in [2.75, 3.05) is 0 Å². The highest BCUT2D eigenvalue weighted by Gasteiger charge is 2.11. The van der Waals surface area contributed by atoms with Crippen LogP contribution in [0.4, 0.5) is 0 Å². The fourth-order valence-electron chi connectivity index (χ4n) is 2.41. The number of hydrogen-bond acceptors (Lipinski definition) is 2. The fourth-order valence-corrected chi connectivity index (χ4v) is 2.41. The zero-order valence-electron chi connectivity index (χ0n) is 10.1. The molecule has 0 N–H and O–H groups in total. The number of aromatic nitrogens is 1. The van der Waals surface area contributed by atoms with E-state index in [1.165, 1.54) is 0 Å². The van der Waals surface area contributed by atoms with Gasteiger partial charge in [0.2, 0.25) is 0 Å². The van der Waals surface area contributed by atoms with E-state index >= 15 is 0 Å². The van der Waals surface area contributed by atoms with Crippen molar-refractivity contribution in [3.8, 4) is 11.3 Å². The SMILES string of the molecule is [c]1ccc2oc3c(-c4ccccn4)cccc3c2c1. The van der Waals surface area contributed by atoms with Crippen LogP contribution < -0.4 is 0 Å². The first-order chi connectivity index (χ1) is 9.43. The molecule has 0 unspecified atom stereocenters. The molecule has 0 bridgehead atoms. The van der Waals surface area contributed by atoms with Crippen LogP contribution in [0.1, 0.15) is 0 Å². The highest BCUT2D eigenvalue weighted by molar-refractivity contribution is 6.09. The Kier molecular flexibility index (Phi) is 2.15. The van der Waals surface area contributed by atoms with E-state index in [0.29, 0.717) is 0 Å². The third kappa shape index (κ3) is 1.54. The van der Waals surface area contributed by atoms with Gasteiger partial charge in [-0.3, -0.25) is 4.98 Å². The molecule has 4 aromatic rings.